The Balaban J connectivity index is 1.28. The molecule has 6 rings (SSSR count). The first-order valence-corrected chi connectivity index (χ1v) is 14.0. The minimum Gasteiger partial charge on any atom is -0.493 e. The molecule has 1 saturated carbocycles. The predicted octanol–water partition coefficient (Wildman–Crippen LogP) is 5.93. The Kier molecular flexibility index (Phi) is 6.95. The van der Waals surface area contributed by atoms with Gasteiger partial charge in [-0.1, -0.05) is 23.2 Å². The van der Waals surface area contributed by atoms with Crippen LogP contribution < -0.4 is 19.7 Å². The third-order valence-corrected chi connectivity index (χ3v) is 8.20. The maximum Gasteiger partial charge on any atom is 0.162 e. The first-order valence-electron chi connectivity index (χ1n) is 13.2. The summed E-state index contributed by atoms with van der Waals surface area (Å²) in [5, 5.41) is 22.9. The number of halogens is 2. The van der Waals surface area contributed by atoms with E-state index in [1.54, 1.807) is 13.3 Å². The number of H-pyrrole nitrogens is 1. The van der Waals surface area contributed by atoms with E-state index >= 15 is 0 Å². The van der Waals surface area contributed by atoms with Gasteiger partial charge in [-0.15, -0.1) is 0 Å². The van der Waals surface area contributed by atoms with Gasteiger partial charge >= 0.3 is 0 Å². The zero-order valence-corrected chi connectivity index (χ0v) is 24.0. The molecule has 206 valence electrons. The fraction of sp³-hybridized carbons (Fsp3) is 0.379. The molecule has 1 aromatic carbocycles. The van der Waals surface area contributed by atoms with Gasteiger partial charge in [-0.05, 0) is 51.3 Å². The Morgan fingerprint density at radius 2 is 1.93 bits per heavy atom. The number of hydrogen-bond acceptors (Lipinski definition) is 8. The van der Waals surface area contributed by atoms with Gasteiger partial charge in [0, 0.05) is 54.3 Å². The molecule has 11 heteroatoms. The number of aromatic nitrogens is 4. The normalized spacial score (nSPS) is 16.9. The number of ether oxygens (including phenoxy) is 2. The van der Waals surface area contributed by atoms with Crippen molar-refractivity contribution in [3.8, 4) is 28.8 Å². The molecule has 0 radical (unpaired) electrons. The smallest absolute Gasteiger partial charge is 0.162 e. The number of methoxy groups -OCH3 is 1. The predicted molar refractivity (Wildman–Crippen MR) is 155 cm³/mol. The van der Waals surface area contributed by atoms with Crippen LogP contribution in [-0.4, -0.2) is 52.4 Å². The number of aromatic amines is 1. The second kappa shape index (κ2) is 10.4. The van der Waals surface area contributed by atoms with Crippen molar-refractivity contribution in [2.45, 2.75) is 38.3 Å². The third-order valence-electron chi connectivity index (χ3n) is 7.60. The summed E-state index contributed by atoms with van der Waals surface area (Å²) < 4.78 is 11.9. The fourth-order valence-corrected chi connectivity index (χ4v) is 5.92. The molecule has 3 aromatic heterocycles. The van der Waals surface area contributed by atoms with Crippen LogP contribution in [0, 0.1) is 17.2 Å². The number of benzene rings is 1. The van der Waals surface area contributed by atoms with Gasteiger partial charge in [0.05, 0.1) is 33.8 Å². The number of hydrogen-bond donors (Lipinski definition) is 2. The van der Waals surface area contributed by atoms with Crippen molar-refractivity contribution in [2.24, 2.45) is 5.92 Å². The summed E-state index contributed by atoms with van der Waals surface area (Å²) in [5.74, 6) is 2.54. The van der Waals surface area contributed by atoms with Gasteiger partial charge < -0.3 is 19.7 Å². The number of nitriles is 1. The molecule has 2 aliphatic rings. The van der Waals surface area contributed by atoms with Crippen LogP contribution in [0.25, 0.3) is 22.2 Å². The second-order valence-electron chi connectivity index (χ2n) is 10.8. The topological polar surface area (TPSA) is 112 Å². The fourth-order valence-electron chi connectivity index (χ4n) is 5.25. The van der Waals surface area contributed by atoms with Crippen molar-refractivity contribution in [3.63, 3.8) is 0 Å². The second-order valence-corrected chi connectivity index (χ2v) is 11.7. The Labute approximate surface area is 242 Å². The Morgan fingerprint density at radius 1 is 1.18 bits per heavy atom. The van der Waals surface area contributed by atoms with E-state index in [1.807, 2.05) is 25.1 Å². The highest BCUT2D eigenvalue weighted by atomic mass is 35.5. The Morgan fingerprint density at radius 3 is 2.60 bits per heavy atom. The van der Waals surface area contributed by atoms with E-state index in [9.17, 15) is 5.26 Å². The molecule has 2 fully saturated rings. The highest BCUT2D eigenvalue weighted by Gasteiger charge is 2.41. The lowest BCUT2D eigenvalue weighted by Gasteiger charge is -2.49. The van der Waals surface area contributed by atoms with Crippen LogP contribution in [0.4, 0.5) is 5.82 Å². The zero-order valence-electron chi connectivity index (χ0n) is 22.5. The largest absolute Gasteiger partial charge is 0.493 e. The molecule has 0 unspecified atom stereocenters. The van der Waals surface area contributed by atoms with Crippen LogP contribution in [-0.2, 0) is 0 Å². The summed E-state index contributed by atoms with van der Waals surface area (Å²) >= 11 is 12.7. The van der Waals surface area contributed by atoms with Gasteiger partial charge in [-0.25, -0.2) is 4.98 Å². The molecule has 0 bridgehead atoms. The van der Waals surface area contributed by atoms with Crippen LogP contribution in [0.3, 0.4) is 0 Å². The number of nitrogens with one attached hydrogen (secondary N) is 2. The van der Waals surface area contributed by atoms with Gasteiger partial charge in [0.2, 0.25) is 0 Å². The van der Waals surface area contributed by atoms with E-state index in [-0.39, 0.29) is 5.54 Å². The summed E-state index contributed by atoms with van der Waals surface area (Å²) in [4.78, 5) is 10.9. The highest BCUT2D eigenvalue weighted by molar-refractivity contribution is 6.35. The Hall–Kier alpha value is -3.58. The number of anilines is 1. The molecule has 0 spiro atoms. The van der Waals surface area contributed by atoms with Gasteiger partial charge in [0.15, 0.2) is 11.5 Å². The summed E-state index contributed by atoms with van der Waals surface area (Å²) in [6, 6.07) is 7.86. The van der Waals surface area contributed by atoms with E-state index in [4.69, 9.17) is 37.7 Å². The van der Waals surface area contributed by atoms with Crippen LogP contribution in [0.1, 0.15) is 43.9 Å². The molecule has 4 aromatic rings. The molecule has 1 atom stereocenters. The first kappa shape index (κ1) is 26.6. The lowest BCUT2D eigenvalue weighted by molar-refractivity contribution is 0.216. The van der Waals surface area contributed by atoms with Crippen molar-refractivity contribution in [1.82, 2.24) is 25.5 Å². The minimum atomic E-state index is -0.475. The van der Waals surface area contributed by atoms with Gasteiger partial charge in [0.25, 0.3) is 0 Å². The van der Waals surface area contributed by atoms with E-state index in [2.05, 4.69) is 38.4 Å². The van der Waals surface area contributed by atoms with Gasteiger partial charge in [-0.3, -0.25) is 10.1 Å². The lowest BCUT2D eigenvalue weighted by atomic mass is 9.91. The number of nitrogens with zero attached hydrogens (tertiary/aromatic N) is 5. The van der Waals surface area contributed by atoms with E-state index in [0.717, 1.165) is 42.0 Å². The molecule has 9 nitrogen and oxygen atoms in total. The Bertz CT molecular complexity index is 1600. The van der Waals surface area contributed by atoms with Gasteiger partial charge in [0.1, 0.15) is 23.7 Å². The molecule has 1 aliphatic carbocycles. The van der Waals surface area contributed by atoms with E-state index in [0.29, 0.717) is 44.2 Å². The van der Waals surface area contributed by atoms with E-state index < -0.39 is 6.10 Å². The number of rotatable bonds is 9. The number of pyridine rings is 2. The monoisotopic (exact) mass is 577 g/mol. The molecule has 40 heavy (non-hydrogen) atoms. The average molecular weight is 579 g/mol. The third kappa shape index (κ3) is 5.03. The molecular weight excluding hydrogens is 549 g/mol. The quantitative estimate of drug-likeness (QED) is 0.252. The standard InChI is InChI=1S/C29H29Cl2N7O2/c1-16(26-21(30)12-33-13-22(26)31)40-25-7-20-23(8-24(25)39-3)36-37-27(20)19-6-18(9-32)28(34-11-19)38-14-29(2,15-38)35-10-17-4-5-17/h6-8,11-13,16-17,35H,4-5,10,14-15H2,1-3H3,(H,36,37)/t16-/m0/s1. The minimum absolute atomic E-state index is 0.0470. The van der Waals surface area contributed by atoms with Crippen molar-refractivity contribution in [3.05, 3.63) is 58.0 Å². The molecular formula is C29H29Cl2N7O2. The molecule has 2 N–H and O–H groups in total. The highest BCUT2D eigenvalue weighted by Crippen LogP contribution is 2.40. The first-order chi connectivity index (χ1) is 19.3. The molecule has 1 aliphatic heterocycles. The van der Waals surface area contributed by atoms with Crippen LogP contribution in [0.2, 0.25) is 10.0 Å². The van der Waals surface area contributed by atoms with Gasteiger partial charge in [-0.2, -0.15) is 10.4 Å². The van der Waals surface area contributed by atoms with Crippen molar-refractivity contribution < 1.29 is 9.47 Å². The summed E-state index contributed by atoms with van der Waals surface area (Å²) in [7, 11) is 1.58. The molecule has 0 amide bonds. The van der Waals surface area contributed by atoms with Crippen LogP contribution >= 0.6 is 23.2 Å². The van der Waals surface area contributed by atoms with Crippen LogP contribution in [0.15, 0.2) is 36.8 Å². The number of fused-ring (bicyclic) bond motifs is 1. The van der Waals surface area contributed by atoms with E-state index in [1.165, 1.54) is 25.2 Å². The maximum atomic E-state index is 9.98. The zero-order chi connectivity index (χ0) is 28.0. The average Bonchev–Trinajstić information content (AvgIpc) is 3.67. The summed E-state index contributed by atoms with van der Waals surface area (Å²) in [6.07, 6.45) is 7.00. The SMILES string of the molecule is COc1cc2[nH]nc(-c3cnc(N4CC(C)(NCC5CC5)C4)c(C#N)c3)c2cc1O[C@@H](C)c1c(Cl)cncc1Cl. The molecule has 4 heterocycles. The van der Waals surface area contributed by atoms with Crippen LogP contribution in [0.5, 0.6) is 11.5 Å². The lowest BCUT2D eigenvalue weighted by Crippen LogP contribution is -2.68. The van der Waals surface area contributed by atoms with Crippen molar-refractivity contribution >= 4 is 39.9 Å². The molecule has 1 saturated heterocycles. The summed E-state index contributed by atoms with van der Waals surface area (Å²) in [5.41, 5.74) is 3.34. The maximum absolute atomic E-state index is 9.98. The van der Waals surface area contributed by atoms with Crippen molar-refractivity contribution in [2.75, 3.05) is 31.6 Å². The summed E-state index contributed by atoms with van der Waals surface area (Å²) in [6.45, 7) is 6.78. The van der Waals surface area contributed by atoms with Crippen molar-refractivity contribution in [1.29, 1.82) is 5.26 Å².